The lowest BCUT2D eigenvalue weighted by Gasteiger charge is -2.34. The highest BCUT2D eigenvalue weighted by atomic mass is 32.1. The molecule has 6 heteroatoms. The van der Waals surface area contributed by atoms with Crippen molar-refractivity contribution < 1.29 is 4.74 Å². The maximum atomic E-state index is 5.52. The molecule has 0 amide bonds. The van der Waals surface area contributed by atoms with Gasteiger partial charge < -0.3 is 9.30 Å². The summed E-state index contributed by atoms with van der Waals surface area (Å²) in [6, 6.07) is 10.9. The number of ether oxygens (including phenoxy) is 1. The van der Waals surface area contributed by atoms with Gasteiger partial charge in [-0.3, -0.25) is 4.90 Å². The Labute approximate surface area is 158 Å². The first-order valence-corrected chi connectivity index (χ1v) is 10.1. The molecule has 1 unspecified atom stereocenters. The van der Waals surface area contributed by atoms with Crippen LogP contribution in [0.4, 0.5) is 0 Å². The molecular formula is C20H24N4OS. The van der Waals surface area contributed by atoms with Gasteiger partial charge in [0, 0.05) is 42.8 Å². The third-order valence-corrected chi connectivity index (χ3v) is 5.74. The van der Waals surface area contributed by atoms with E-state index in [0.29, 0.717) is 6.04 Å². The van der Waals surface area contributed by atoms with Crippen LogP contribution in [-0.4, -0.2) is 51.8 Å². The molecule has 0 spiro atoms. The maximum Gasteiger partial charge on any atom is 0.142 e. The van der Waals surface area contributed by atoms with E-state index < -0.39 is 0 Å². The summed E-state index contributed by atoms with van der Waals surface area (Å²) in [6.07, 6.45) is 4.95. The predicted molar refractivity (Wildman–Crippen MR) is 105 cm³/mol. The van der Waals surface area contributed by atoms with Crippen molar-refractivity contribution in [3.8, 4) is 22.0 Å². The van der Waals surface area contributed by atoms with Crippen LogP contribution in [0.5, 0.6) is 0 Å². The first kappa shape index (κ1) is 17.4. The van der Waals surface area contributed by atoms with Gasteiger partial charge in [-0.25, -0.2) is 9.97 Å². The van der Waals surface area contributed by atoms with Gasteiger partial charge >= 0.3 is 0 Å². The second-order valence-electron chi connectivity index (χ2n) is 6.51. The van der Waals surface area contributed by atoms with Crippen LogP contribution >= 0.6 is 11.3 Å². The Hall–Kier alpha value is -2.02. The standard InChI is InChI=1S/C20H24N4OS/c1-2-17(23-9-11-25-12-10-23)14-24-15-22-18(16-6-4-3-5-7-16)19(24)20-21-8-13-26-20/h3-8,13,15,17H,2,9-12,14H2,1H3. The van der Waals surface area contributed by atoms with Gasteiger partial charge in [-0.2, -0.15) is 0 Å². The molecule has 5 nitrogen and oxygen atoms in total. The number of hydrogen-bond donors (Lipinski definition) is 0. The van der Waals surface area contributed by atoms with E-state index in [1.165, 1.54) is 0 Å². The van der Waals surface area contributed by atoms with Crippen molar-refractivity contribution in [1.29, 1.82) is 0 Å². The summed E-state index contributed by atoms with van der Waals surface area (Å²) in [5.41, 5.74) is 3.27. The molecule has 0 saturated carbocycles. The number of rotatable bonds is 6. The molecule has 0 aliphatic carbocycles. The summed E-state index contributed by atoms with van der Waals surface area (Å²) < 4.78 is 7.80. The van der Waals surface area contributed by atoms with Gasteiger partial charge in [0.1, 0.15) is 10.7 Å². The second kappa shape index (κ2) is 8.12. The van der Waals surface area contributed by atoms with E-state index in [0.717, 1.165) is 61.2 Å². The summed E-state index contributed by atoms with van der Waals surface area (Å²) in [6.45, 7) is 6.85. The average Bonchev–Trinajstić information content (AvgIpc) is 3.37. The van der Waals surface area contributed by atoms with Gasteiger partial charge in [0.15, 0.2) is 0 Å². The monoisotopic (exact) mass is 368 g/mol. The van der Waals surface area contributed by atoms with Crippen molar-refractivity contribution in [2.24, 2.45) is 0 Å². The van der Waals surface area contributed by atoms with Gasteiger partial charge in [0.05, 0.1) is 25.2 Å². The fraction of sp³-hybridized carbons (Fsp3) is 0.400. The van der Waals surface area contributed by atoms with Crippen molar-refractivity contribution in [3.05, 3.63) is 48.2 Å². The van der Waals surface area contributed by atoms with Crippen LogP contribution in [-0.2, 0) is 11.3 Å². The Morgan fingerprint density at radius 3 is 2.65 bits per heavy atom. The highest BCUT2D eigenvalue weighted by molar-refractivity contribution is 7.13. The van der Waals surface area contributed by atoms with Crippen LogP contribution in [0.2, 0.25) is 0 Å². The van der Waals surface area contributed by atoms with E-state index in [1.54, 1.807) is 11.3 Å². The van der Waals surface area contributed by atoms with Crippen LogP contribution < -0.4 is 0 Å². The Balaban J connectivity index is 1.68. The molecule has 2 aromatic heterocycles. The minimum absolute atomic E-state index is 0.482. The largest absolute Gasteiger partial charge is 0.379 e. The van der Waals surface area contributed by atoms with Crippen molar-refractivity contribution in [2.75, 3.05) is 26.3 Å². The summed E-state index contributed by atoms with van der Waals surface area (Å²) in [5, 5.41) is 3.05. The minimum Gasteiger partial charge on any atom is -0.379 e. The molecule has 1 fully saturated rings. The summed E-state index contributed by atoms with van der Waals surface area (Å²) in [4.78, 5) is 11.9. The van der Waals surface area contributed by atoms with Gasteiger partial charge in [0.25, 0.3) is 0 Å². The molecule has 3 heterocycles. The van der Waals surface area contributed by atoms with E-state index in [4.69, 9.17) is 9.72 Å². The zero-order valence-electron chi connectivity index (χ0n) is 15.0. The van der Waals surface area contributed by atoms with Crippen molar-refractivity contribution in [1.82, 2.24) is 19.4 Å². The molecule has 3 aromatic rings. The first-order valence-electron chi connectivity index (χ1n) is 9.19. The molecule has 1 aliphatic rings. The topological polar surface area (TPSA) is 43.2 Å². The highest BCUT2D eigenvalue weighted by Crippen LogP contribution is 2.32. The van der Waals surface area contributed by atoms with Crippen LogP contribution in [0.15, 0.2) is 48.2 Å². The Kier molecular flexibility index (Phi) is 5.43. The fourth-order valence-corrected chi connectivity index (χ4v) is 4.26. The zero-order chi connectivity index (χ0) is 17.8. The third kappa shape index (κ3) is 3.58. The minimum atomic E-state index is 0.482. The summed E-state index contributed by atoms with van der Waals surface area (Å²) in [5.74, 6) is 0. The molecule has 26 heavy (non-hydrogen) atoms. The highest BCUT2D eigenvalue weighted by Gasteiger charge is 2.23. The number of aromatic nitrogens is 3. The molecule has 1 aliphatic heterocycles. The van der Waals surface area contributed by atoms with Gasteiger partial charge in [-0.1, -0.05) is 37.3 Å². The van der Waals surface area contributed by atoms with Crippen LogP contribution in [0.25, 0.3) is 22.0 Å². The van der Waals surface area contributed by atoms with Crippen molar-refractivity contribution in [3.63, 3.8) is 0 Å². The number of nitrogens with zero attached hydrogens (tertiary/aromatic N) is 4. The second-order valence-corrected chi connectivity index (χ2v) is 7.40. The number of thiazole rings is 1. The fourth-order valence-electron chi connectivity index (χ4n) is 3.57. The summed E-state index contributed by atoms with van der Waals surface area (Å²) in [7, 11) is 0. The lowest BCUT2D eigenvalue weighted by Crippen LogP contribution is -2.45. The maximum absolute atomic E-state index is 5.52. The van der Waals surface area contributed by atoms with Crippen LogP contribution in [0.3, 0.4) is 0 Å². The number of imidazole rings is 1. The van der Waals surface area contributed by atoms with Gasteiger partial charge in [-0.05, 0) is 6.42 Å². The number of hydrogen-bond acceptors (Lipinski definition) is 5. The molecule has 1 atom stereocenters. The molecule has 0 bridgehead atoms. The predicted octanol–water partition coefficient (Wildman–Crippen LogP) is 3.78. The van der Waals surface area contributed by atoms with Crippen LogP contribution in [0, 0.1) is 0 Å². The van der Waals surface area contributed by atoms with Crippen LogP contribution in [0.1, 0.15) is 13.3 Å². The summed E-state index contributed by atoms with van der Waals surface area (Å²) >= 11 is 1.67. The molecular weight excluding hydrogens is 344 g/mol. The smallest absolute Gasteiger partial charge is 0.142 e. The molecule has 1 aromatic carbocycles. The number of morpholine rings is 1. The zero-order valence-corrected chi connectivity index (χ0v) is 15.9. The lowest BCUT2D eigenvalue weighted by atomic mass is 10.1. The van der Waals surface area contributed by atoms with E-state index in [1.807, 2.05) is 24.0 Å². The van der Waals surface area contributed by atoms with Gasteiger partial charge in [0.2, 0.25) is 0 Å². The Morgan fingerprint density at radius 2 is 1.96 bits per heavy atom. The molecule has 4 rings (SSSR count). The Morgan fingerprint density at radius 1 is 1.15 bits per heavy atom. The normalized spacial score (nSPS) is 16.7. The number of benzene rings is 1. The third-order valence-electron chi connectivity index (χ3n) is 4.96. The van der Waals surface area contributed by atoms with E-state index >= 15 is 0 Å². The quantitative estimate of drug-likeness (QED) is 0.664. The molecule has 1 saturated heterocycles. The molecule has 136 valence electrons. The average molecular weight is 369 g/mol. The molecule has 0 radical (unpaired) electrons. The van der Waals surface area contributed by atoms with E-state index in [-0.39, 0.29) is 0 Å². The Bertz CT molecular complexity index is 810. The first-order chi connectivity index (χ1) is 12.9. The van der Waals surface area contributed by atoms with Gasteiger partial charge in [-0.15, -0.1) is 11.3 Å². The lowest BCUT2D eigenvalue weighted by molar-refractivity contribution is 0.0121. The van der Waals surface area contributed by atoms with E-state index in [9.17, 15) is 0 Å². The SMILES string of the molecule is CCC(Cn1cnc(-c2ccccc2)c1-c1nccs1)N1CCOCC1. The van der Waals surface area contributed by atoms with Crippen molar-refractivity contribution >= 4 is 11.3 Å². The molecule has 0 N–H and O–H groups in total. The van der Waals surface area contributed by atoms with Crippen molar-refractivity contribution in [2.45, 2.75) is 25.9 Å². The van der Waals surface area contributed by atoms with E-state index in [2.05, 4.69) is 45.6 Å².